The highest BCUT2D eigenvalue weighted by molar-refractivity contribution is 5.34. The molecule has 18 heavy (non-hydrogen) atoms. The highest BCUT2D eigenvalue weighted by Crippen LogP contribution is 2.20. The molecule has 1 heterocycles. The predicted molar refractivity (Wildman–Crippen MR) is 69.4 cm³/mol. The molecule has 0 saturated heterocycles. The third-order valence-electron chi connectivity index (χ3n) is 2.57. The summed E-state index contributed by atoms with van der Waals surface area (Å²) in [5.74, 6) is 1.65. The average Bonchev–Trinajstić information content (AvgIpc) is 2.73. The number of aryl methyl sites for hydroxylation is 1. The Bertz CT molecular complexity index is 506. The molecule has 4 nitrogen and oxygen atoms in total. The summed E-state index contributed by atoms with van der Waals surface area (Å²) >= 11 is 0. The van der Waals surface area contributed by atoms with Crippen molar-refractivity contribution in [3.8, 4) is 5.75 Å². The van der Waals surface area contributed by atoms with E-state index in [0.29, 0.717) is 6.61 Å². The standard InChI is InChI=1S/C14H18N2O2/c1-10(15)7-12-5-3-4-6-14(12)17-9-13-8-11(2)18-16-13/h3-6,8,10H,7,9,15H2,1-2H3. The Morgan fingerprint density at radius 3 is 2.83 bits per heavy atom. The van der Waals surface area contributed by atoms with Crippen molar-refractivity contribution >= 4 is 0 Å². The van der Waals surface area contributed by atoms with Crippen molar-refractivity contribution < 1.29 is 9.26 Å². The van der Waals surface area contributed by atoms with Crippen molar-refractivity contribution in [2.24, 2.45) is 5.73 Å². The van der Waals surface area contributed by atoms with Gasteiger partial charge in [0.1, 0.15) is 23.8 Å². The Hall–Kier alpha value is -1.81. The minimum absolute atomic E-state index is 0.115. The van der Waals surface area contributed by atoms with E-state index >= 15 is 0 Å². The Kier molecular flexibility index (Phi) is 3.99. The van der Waals surface area contributed by atoms with E-state index in [1.807, 2.05) is 44.2 Å². The maximum atomic E-state index is 5.82. The lowest BCUT2D eigenvalue weighted by atomic mass is 10.1. The monoisotopic (exact) mass is 246 g/mol. The number of hydrogen-bond donors (Lipinski definition) is 1. The van der Waals surface area contributed by atoms with Gasteiger partial charge in [0, 0.05) is 12.1 Å². The number of nitrogens with two attached hydrogens (primary N) is 1. The molecule has 2 rings (SSSR count). The van der Waals surface area contributed by atoms with Gasteiger partial charge in [-0.05, 0) is 31.9 Å². The Balaban J connectivity index is 2.04. The number of aromatic nitrogens is 1. The van der Waals surface area contributed by atoms with E-state index in [1.54, 1.807) is 0 Å². The van der Waals surface area contributed by atoms with Crippen LogP contribution in [0.5, 0.6) is 5.75 Å². The van der Waals surface area contributed by atoms with E-state index in [1.165, 1.54) is 0 Å². The molecule has 0 bridgehead atoms. The summed E-state index contributed by atoms with van der Waals surface area (Å²) in [5, 5.41) is 3.90. The predicted octanol–water partition coefficient (Wildman–Crippen LogP) is 2.45. The fourth-order valence-corrected chi connectivity index (χ4v) is 1.80. The molecule has 0 spiro atoms. The molecule has 1 aromatic carbocycles. The summed E-state index contributed by atoms with van der Waals surface area (Å²) in [4.78, 5) is 0. The third-order valence-corrected chi connectivity index (χ3v) is 2.57. The summed E-state index contributed by atoms with van der Waals surface area (Å²) in [6.45, 7) is 4.26. The van der Waals surface area contributed by atoms with E-state index in [4.69, 9.17) is 15.0 Å². The Labute approximate surface area is 107 Å². The molecule has 2 N–H and O–H groups in total. The summed E-state index contributed by atoms with van der Waals surface area (Å²) in [6, 6.07) is 9.91. The number of para-hydroxylation sites is 1. The second-order valence-electron chi connectivity index (χ2n) is 4.51. The number of hydrogen-bond acceptors (Lipinski definition) is 4. The van der Waals surface area contributed by atoms with Gasteiger partial charge in [-0.3, -0.25) is 0 Å². The van der Waals surface area contributed by atoms with Gasteiger partial charge in [-0.1, -0.05) is 23.4 Å². The zero-order valence-electron chi connectivity index (χ0n) is 10.7. The molecular formula is C14H18N2O2. The maximum Gasteiger partial charge on any atom is 0.134 e. The molecule has 1 aromatic heterocycles. The van der Waals surface area contributed by atoms with Crippen LogP contribution in [0.15, 0.2) is 34.9 Å². The van der Waals surface area contributed by atoms with Gasteiger partial charge in [-0.25, -0.2) is 0 Å². The van der Waals surface area contributed by atoms with Gasteiger partial charge in [0.05, 0.1) is 0 Å². The summed E-state index contributed by atoms with van der Waals surface area (Å²) < 4.78 is 10.8. The molecule has 0 amide bonds. The second kappa shape index (κ2) is 5.69. The summed E-state index contributed by atoms with van der Waals surface area (Å²) in [5.41, 5.74) is 7.73. The van der Waals surface area contributed by atoms with Crippen LogP contribution in [0.1, 0.15) is 23.9 Å². The topological polar surface area (TPSA) is 61.3 Å². The SMILES string of the molecule is Cc1cc(COc2ccccc2CC(C)N)no1. The smallest absolute Gasteiger partial charge is 0.134 e. The van der Waals surface area contributed by atoms with Gasteiger partial charge in [-0.15, -0.1) is 0 Å². The van der Waals surface area contributed by atoms with Gasteiger partial charge in [0.2, 0.25) is 0 Å². The maximum absolute atomic E-state index is 5.82. The molecule has 0 aliphatic heterocycles. The van der Waals surface area contributed by atoms with Crippen LogP contribution >= 0.6 is 0 Å². The normalized spacial score (nSPS) is 12.4. The van der Waals surface area contributed by atoms with Crippen molar-refractivity contribution in [2.45, 2.75) is 32.9 Å². The average molecular weight is 246 g/mol. The number of rotatable bonds is 5. The van der Waals surface area contributed by atoms with Crippen molar-refractivity contribution in [2.75, 3.05) is 0 Å². The summed E-state index contributed by atoms with van der Waals surface area (Å²) in [7, 11) is 0. The molecule has 0 saturated carbocycles. The minimum atomic E-state index is 0.115. The van der Waals surface area contributed by atoms with Crippen LogP contribution in [-0.4, -0.2) is 11.2 Å². The van der Waals surface area contributed by atoms with Crippen molar-refractivity contribution in [3.05, 3.63) is 47.3 Å². The molecule has 4 heteroatoms. The first-order chi connectivity index (χ1) is 8.65. The molecule has 1 atom stereocenters. The van der Waals surface area contributed by atoms with Crippen molar-refractivity contribution in [1.82, 2.24) is 5.16 Å². The van der Waals surface area contributed by atoms with Crippen LogP contribution in [0.25, 0.3) is 0 Å². The van der Waals surface area contributed by atoms with Crippen LogP contribution < -0.4 is 10.5 Å². The lowest BCUT2D eigenvalue weighted by Crippen LogP contribution is -2.18. The summed E-state index contributed by atoms with van der Waals surface area (Å²) in [6.07, 6.45) is 0.800. The van der Waals surface area contributed by atoms with E-state index in [9.17, 15) is 0 Å². The van der Waals surface area contributed by atoms with Crippen LogP contribution in [0.3, 0.4) is 0 Å². The zero-order valence-corrected chi connectivity index (χ0v) is 10.7. The van der Waals surface area contributed by atoms with Crippen LogP contribution in [0.2, 0.25) is 0 Å². The highest BCUT2D eigenvalue weighted by Gasteiger charge is 2.07. The number of ether oxygens (including phenoxy) is 1. The van der Waals surface area contributed by atoms with E-state index in [-0.39, 0.29) is 6.04 Å². The molecule has 0 aliphatic carbocycles. The first kappa shape index (κ1) is 12.6. The Morgan fingerprint density at radius 2 is 2.17 bits per heavy atom. The Morgan fingerprint density at radius 1 is 1.39 bits per heavy atom. The van der Waals surface area contributed by atoms with Crippen molar-refractivity contribution in [1.29, 1.82) is 0 Å². The van der Waals surface area contributed by atoms with E-state index < -0.39 is 0 Å². The van der Waals surface area contributed by atoms with E-state index in [0.717, 1.165) is 29.2 Å². The molecule has 0 radical (unpaired) electrons. The molecular weight excluding hydrogens is 228 g/mol. The van der Waals surface area contributed by atoms with Crippen LogP contribution in [0.4, 0.5) is 0 Å². The van der Waals surface area contributed by atoms with Crippen molar-refractivity contribution in [3.63, 3.8) is 0 Å². The fourth-order valence-electron chi connectivity index (χ4n) is 1.80. The molecule has 0 fully saturated rings. The van der Waals surface area contributed by atoms with E-state index in [2.05, 4.69) is 5.16 Å². The van der Waals surface area contributed by atoms with Gasteiger partial charge >= 0.3 is 0 Å². The third kappa shape index (κ3) is 3.34. The molecule has 2 aromatic rings. The fraction of sp³-hybridized carbons (Fsp3) is 0.357. The zero-order chi connectivity index (χ0) is 13.0. The minimum Gasteiger partial charge on any atom is -0.487 e. The van der Waals surface area contributed by atoms with Gasteiger partial charge in [-0.2, -0.15) is 0 Å². The molecule has 0 aliphatic rings. The largest absolute Gasteiger partial charge is 0.487 e. The molecule has 96 valence electrons. The molecule has 1 unspecified atom stereocenters. The first-order valence-electron chi connectivity index (χ1n) is 6.03. The first-order valence-corrected chi connectivity index (χ1v) is 6.03. The number of benzene rings is 1. The second-order valence-corrected chi connectivity index (χ2v) is 4.51. The lowest BCUT2D eigenvalue weighted by molar-refractivity contribution is 0.285. The van der Waals surface area contributed by atoms with Gasteiger partial charge < -0.3 is 15.0 Å². The van der Waals surface area contributed by atoms with Gasteiger partial charge in [0.15, 0.2) is 0 Å². The quantitative estimate of drug-likeness (QED) is 0.880. The van der Waals surface area contributed by atoms with Crippen LogP contribution in [-0.2, 0) is 13.0 Å². The lowest BCUT2D eigenvalue weighted by Gasteiger charge is -2.11. The number of nitrogens with zero attached hydrogens (tertiary/aromatic N) is 1. The van der Waals surface area contributed by atoms with Gasteiger partial charge in [0.25, 0.3) is 0 Å². The highest BCUT2D eigenvalue weighted by atomic mass is 16.5. The van der Waals surface area contributed by atoms with Crippen LogP contribution in [0, 0.1) is 6.92 Å².